The van der Waals surface area contributed by atoms with E-state index >= 15 is 0 Å². The van der Waals surface area contributed by atoms with E-state index in [0.717, 1.165) is 6.04 Å². The maximum atomic E-state index is 3.79. The van der Waals surface area contributed by atoms with Crippen LogP contribution in [0.15, 0.2) is 0 Å². The van der Waals surface area contributed by atoms with E-state index in [1.54, 1.807) is 0 Å². The van der Waals surface area contributed by atoms with Gasteiger partial charge in [-0.05, 0) is 57.0 Å². The molecule has 2 aliphatic rings. The van der Waals surface area contributed by atoms with Gasteiger partial charge in [-0.2, -0.15) is 0 Å². The molecule has 1 saturated carbocycles. The average molecular weight is 266 g/mol. The zero-order chi connectivity index (χ0) is 13.6. The Morgan fingerprint density at radius 3 is 2.05 bits per heavy atom. The Labute approximate surface area is 120 Å². The molecule has 1 heterocycles. The third kappa shape index (κ3) is 5.07. The van der Waals surface area contributed by atoms with Crippen LogP contribution in [0.2, 0.25) is 0 Å². The average Bonchev–Trinajstić information content (AvgIpc) is 3.21. The largest absolute Gasteiger partial charge is 0.313 e. The molecule has 2 fully saturated rings. The predicted octanol–water partition coefficient (Wildman–Crippen LogP) is 3.81. The number of hydrogen-bond acceptors (Lipinski definition) is 2. The van der Waals surface area contributed by atoms with E-state index in [1.807, 2.05) is 0 Å². The Bertz CT molecular complexity index is 236. The fourth-order valence-corrected chi connectivity index (χ4v) is 3.37. The fourth-order valence-electron chi connectivity index (χ4n) is 3.37. The summed E-state index contributed by atoms with van der Waals surface area (Å²) in [6.45, 7) is 10.0. The number of nitrogens with one attached hydrogen (secondary N) is 1. The number of rotatable bonds is 7. The quantitative estimate of drug-likeness (QED) is 0.754. The van der Waals surface area contributed by atoms with E-state index in [2.05, 4.69) is 24.1 Å². The summed E-state index contributed by atoms with van der Waals surface area (Å²) < 4.78 is 0. The lowest BCUT2D eigenvalue weighted by Gasteiger charge is -2.38. The molecule has 2 heteroatoms. The van der Waals surface area contributed by atoms with Gasteiger partial charge in [-0.1, -0.05) is 33.1 Å². The van der Waals surface area contributed by atoms with Crippen molar-refractivity contribution in [2.45, 2.75) is 77.7 Å². The summed E-state index contributed by atoms with van der Waals surface area (Å²) in [6.07, 6.45) is 12.6. The first-order valence-corrected chi connectivity index (χ1v) is 8.74. The highest BCUT2D eigenvalue weighted by molar-refractivity contribution is 4.88. The molecule has 1 aliphatic carbocycles. The Kier molecular flexibility index (Phi) is 6.15. The summed E-state index contributed by atoms with van der Waals surface area (Å²) in [4.78, 5) is 2.76. The maximum Gasteiger partial charge on any atom is 0.00684 e. The van der Waals surface area contributed by atoms with Gasteiger partial charge in [-0.25, -0.2) is 0 Å². The van der Waals surface area contributed by atoms with E-state index < -0.39 is 0 Å². The molecule has 1 aliphatic heterocycles. The van der Waals surface area contributed by atoms with Crippen LogP contribution in [0.1, 0.15) is 71.6 Å². The molecule has 112 valence electrons. The first kappa shape index (κ1) is 15.3. The number of nitrogens with zero attached hydrogens (tertiary/aromatic N) is 1. The Hall–Kier alpha value is -0.0800. The Balaban J connectivity index is 1.84. The van der Waals surface area contributed by atoms with Crippen molar-refractivity contribution < 1.29 is 0 Å². The van der Waals surface area contributed by atoms with Crippen molar-refractivity contribution in [3.63, 3.8) is 0 Å². The van der Waals surface area contributed by atoms with Crippen molar-refractivity contribution in [2.75, 3.05) is 26.2 Å². The summed E-state index contributed by atoms with van der Waals surface area (Å²) in [5, 5.41) is 3.79. The van der Waals surface area contributed by atoms with Gasteiger partial charge in [0.2, 0.25) is 0 Å². The van der Waals surface area contributed by atoms with Crippen molar-refractivity contribution >= 4 is 0 Å². The van der Waals surface area contributed by atoms with E-state index in [-0.39, 0.29) is 0 Å². The second-order valence-corrected chi connectivity index (χ2v) is 6.91. The summed E-state index contributed by atoms with van der Waals surface area (Å²) in [6, 6.07) is 0.852. The van der Waals surface area contributed by atoms with Crippen molar-refractivity contribution in [2.24, 2.45) is 5.41 Å². The SMILES string of the molecule is CCC(CC)(CNC1CC1)CN1CCCCCCC1. The van der Waals surface area contributed by atoms with E-state index in [4.69, 9.17) is 0 Å². The van der Waals surface area contributed by atoms with Crippen LogP contribution in [0.4, 0.5) is 0 Å². The fraction of sp³-hybridized carbons (Fsp3) is 1.00. The summed E-state index contributed by atoms with van der Waals surface area (Å²) in [5.41, 5.74) is 0.516. The lowest BCUT2D eigenvalue weighted by Crippen LogP contribution is -2.45. The first-order valence-electron chi connectivity index (χ1n) is 8.74. The van der Waals surface area contributed by atoms with Crippen molar-refractivity contribution in [3.05, 3.63) is 0 Å². The third-order valence-corrected chi connectivity index (χ3v) is 5.35. The molecule has 0 aromatic rings. The van der Waals surface area contributed by atoms with Gasteiger partial charge >= 0.3 is 0 Å². The topological polar surface area (TPSA) is 15.3 Å². The standard InChI is InChI=1S/C17H34N2/c1-3-17(4-2,14-18-16-10-11-16)15-19-12-8-6-5-7-9-13-19/h16,18H,3-15H2,1-2H3. The molecule has 2 nitrogen and oxygen atoms in total. The van der Waals surface area contributed by atoms with Gasteiger partial charge in [-0.15, -0.1) is 0 Å². The Morgan fingerprint density at radius 2 is 1.53 bits per heavy atom. The zero-order valence-corrected chi connectivity index (χ0v) is 13.2. The van der Waals surface area contributed by atoms with Crippen LogP contribution in [0, 0.1) is 5.41 Å². The van der Waals surface area contributed by atoms with Crippen LogP contribution in [0.25, 0.3) is 0 Å². The van der Waals surface area contributed by atoms with E-state index in [0.29, 0.717) is 5.41 Å². The van der Waals surface area contributed by atoms with E-state index in [9.17, 15) is 0 Å². The lowest BCUT2D eigenvalue weighted by molar-refractivity contribution is 0.126. The second kappa shape index (κ2) is 7.64. The van der Waals surface area contributed by atoms with Gasteiger partial charge in [-0.3, -0.25) is 0 Å². The molecule has 0 amide bonds. The van der Waals surface area contributed by atoms with Crippen LogP contribution >= 0.6 is 0 Å². The van der Waals surface area contributed by atoms with Gasteiger partial charge in [0.15, 0.2) is 0 Å². The monoisotopic (exact) mass is 266 g/mol. The number of hydrogen-bond donors (Lipinski definition) is 1. The van der Waals surface area contributed by atoms with Crippen LogP contribution in [0.3, 0.4) is 0 Å². The van der Waals surface area contributed by atoms with Crippen molar-refractivity contribution in [3.8, 4) is 0 Å². The highest BCUT2D eigenvalue weighted by Gasteiger charge is 2.31. The highest BCUT2D eigenvalue weighted by Crippen LogP contribution is 2.30. The molecule has 0 unspecified atom stereocenters. The molecule has 0 bridgehead atoms. The normalized spacial score (nSPS) is 23.1. The van der Waals surface area contributed by atoms with Gasteiger partial charge < -0.3 is 10.2 Å². The second-order valence-electron chi connectivity index (χ2n) is 6.91. The third-order valence-electron chi connectivity index (χ3n) is 5.35. The summed E-state index contributed by atoms with van der Waals surface area (Å²) >= 11 is 0. The van der Waals surface area contributed by atoms with E-state index in [1.165, 1.54) is 84.0 Å². The van der Waals surface area contributed by atoms with Crippen LogP contribution < -0.4 is 5.32 Å². The molecular formula is C17H34N2. The van der Waals surface area contributed by atoms with Gasteiger partial charge in [0.25, 0.3) is 0 Å². The minimum absolute atomic E-state index is 0.516. The van der Waals surface area contributed by atoms with Crippen molar-refractivity contribution in [1.29, 1.82) is 0 Å². The smallest absolute Gasteiger partial charge is 0.00684 e. The minimum atomic E-state index is 0.516. The maximum absolute atomic E-state index is 3.79. The van der Waals surface area contributed by atoms with Crippen LogP contribution in [-0.2, 0) is 0 Å². The molecule has 0 atom stereocenters. The molecular weight excluding hydrogens is 232 g/mol. The summed E-state index contributed by atoms with van der Waals surface area (Å²) in [5.74, 6) is 0. The zero-order valence-electron chi connectivity index (χ0n) is 13.2. The highest BCUT2D eigenvalue weighted by atomic mass is 15.1. The number of likely N-dealkylation sites (tertiary alicyclic amines) is 1. The van der Waals surface area contributed by atoms with Gasteiger partial charge in [0, 0.05) is 19.1 Å². The van der Waals surface area contributed by atoms with Crippen molar-refractivity contribution in [1.82, 2.24) is 10.2 Å². The summed E-state index contributed by atoms with van der Waals surface area (Å²) in [7, 11) is 0. The molecule has 1 saturated heterocycles. The predicted molar refractivity (Wildman–Crippen MR) is 83.6 cm³/mol. The Morgan fingerprint density at radius 1 is 0.947 bits per heavy atom. The lowest BCUT2D eigenvalue weighted by atomic mass is 9.81. The minimum Gasteiger partial charge on any atom is -0.313 e. The molecule has 2 rings (SSSR count). The molecule has 19 heavy (non-hydrogen) atoms. The molecule has 0 spiro atoms. The molecule has 0 radical (unpaired) electrons. The van der Waals surface area contributed by atoms with Gasteiger partial charge in [0.1, 0.15) is 0 Å². The molecule has 1 N–H and O–H groups in total. The van der Waals surface area contributed by atoms with Crippen LogP contribution in [0.5, 0.6) is 0 Å². The van der Waals surface area contributed by atoms with Gasteiger partial charge in [0.05, 0.1) is 0 Å². The molecule has 0 aromatic heterocycles. The van der Waals surface area contributed by atoms with Crippen LogP contribution in [-0.4, -0.2) is 37.1 Å². The molecule has 0 aromatic carbocycles. The first-order chi connectivity index (χ1) is 9.28.